The zero-order valence-corrected chi connectivity index (χ0v) is 17.6. The second-order valence-electron chi connectivity index (χ2n) is 5.17. The Morgan fingerprint density at radius 3 is 2.33 bits per heavy atom. The van der Waals surface area contributed by atoms with E-state index in [0.717, 1.165) is 12.3 Å². The van der Waals surface area contributed by atoms with Crippen molar-refractivity contribution in [1.29, 1.82) is 0 Å². The molecule has 1 rings (SSSR count). The fraction of sp³-hybridized carbons (Fsp3) is 0.917. The van der Waals surface area contributed by atoms with Crippen LogP contribution in [0.4, 0.5) is 13.2 Å². The summed E-state index contributed by atoms with van der Waals surface area (Å²) in [6.45, 7) is 1.11. The molecule has 0 aromatic carbocycles. The normalized spacial score (nSPS) is 18.1. The molecule has 12 heteroatoms. The van der Waals surface area contributed by atoms with E-state index in [9.17, 15) is 21.6 Å². The second kappa shape index (κ2) is 10.9. The van der Waals surface area contributed by atoms with E-state index in [1.54, 1.807) is 18.8 Å². The van der Waals surface area contributed by atoms with Crippen LogP contribution in [0, 0.1) is 5.92 Å². The molecule has 0 saturated carbocycles. The first-order valence-electron chi connectivity index (χ1n) is 7.22. The lowest BCUT2D eigenvalue weighted by Crippen LogP contribution is -2.47. The zero-order valence-electron chi connectivity index (χ0n) is 13.6. The molecular weight excluding hydrogens is 480 g/mol. The highest BCUT2D eigenvalue weighted by Gasteiger charge is 2.50. The van der Waals surface area contributed by atoms with Gasteiger partial charge in [-0.2, -0.15) is 29.2 Å². The number of piperidine rings is 1. The van der Waals surface area contributed by atoms with Crippen molar-refractivity contribution in [3.63, 3.8) is 0 Å². The van der Waals surface area contributed by atoms with Gasteiger partial charge in [0.15, 0.2) is 5.96 Å². The zero-order chi connectivity index (χ0) is 17.5. The number of sulfonamides is 1. The van der Waals surface area contributed by atoms with Gasteiger partial charge in [-0.3, -0.25) is 4.99 Å². The predicted molar refractivity (Wildman–Crippen MR) is 102 cm³/mol. The lowest BCUT2D eigenvalue weighted by molar-refractivity contribution is -0.0496. The van der Waals surface area contributed by atoms with Gasteiger partial charge in [0.05, 0.1) is 0 Å². The third-order valence-electron chi connectivity index (χ3n) is 3.59. The molecule has 0 unspecified atom stereocenters. The lowest BCUT2D eigenvalue weighted by Gasteiger charge is -2.31. The lowest BCUT2D eigenvalue weighted by atomic mass is 9.98. The Hall–Kier alpha value is 0.0500. The molecule has 1 fully saturated rings. The number of nitrogens with one attached hydrogen (secondary N) is 2. The van der Waals surface area contributed by atoms with Crippen molar-refractivity contribution in [3.05, 3.63) is 0 Å². The Morgan fingerprint density at radius 2 is 1.88 bits per heavy atom. The number of nitrogens with zero attached hydrogens (tertiary/aromatic N) is 2. The number of halogens is 4. The van der Waals surface area contributed by atoms with Crippen molar-refractivity contribution < 1.29 is 21.6 Å². The molecule has 0 spiro atoms. The van der Waals surface area contributed by atoms with Gasteiger partial charge in [-0.15, -0.1) is 24.0 Å². The summed E-state index contributed by atoms with van der Waals surface area (Å²) in [7, 11) is -3.55. The van der Waals surface area contributed by atoms with Crippen LogP contribution < -0.4 is 10.6 Å². The summed E-state index contributed by atoms with van der Waals surface area (Å²) < 4.78 is 60.7. The molecule has 0 bridgehead atoms. The van der Waals surface area contributed by atoms with Gasteiger partial charge in [0.25, 0.3) is 0 Å². The van der Waals surface area contributed by atoms with Gasteiger partial charge in [0.2, 0.25) is 0 Å². The minimum atomic E-state index is -5.22. The van der Waals surface area contributed by atoms with Crippen molar-refractivity contribution in [1.82, 2.24) is 14.9 Å². The summed E-state index contributed by atoms with van der Waals surface area (Å²) in [5, 5.41) is 6.25. The highest BCUT2D eigenvalue weighted by atomic mass is 127. The van der Waals surface area contributed by atoms with E-state index in [-0.39, 0.29) is 43.0 Å². The molecule has 1 aliphatic heterocycles. The van der Waals surface area contributed by atoms with Gasteiger partial charge >= 0.3 is 15.5 Å². The maximum Gasteiger partial charge on any atom is 0.511 e. The first-order chi connectivity index (χ1) is 10.7. The highest BCUT2D eigenvalue weighted by molar-refractivity contribution is 14.0. The van der Waals surface area contributed by atoms with Gasteiger partial charge in [0, 0.05) is 39.0 Å². The quantitative estimate of drug-likeness (QED) is 0.250. The summed E-state index contributed by atoms with van der Waals surface area (Å²) in [6.07, 6.45) is 2.79. The van der Waals surface area contributed by atoms with Crippen LogP contribution in [0.1, 0.15) is 12.8 Å². The summed E-state index contributed by atoms with van der Waals surface area (Å²) in [5.41, 5.74) is -5.22. The average Bonchev–Trinajstić information content (AvgIpc) is 2.50. The van der Waals surface area contributed by atoms with Crippen molar-refractivity contribution >= 4 is 51.7 Å². The fourth-order valence-corrected chi connectivity index (χ4v) is 3.52. The van der Waals surface area contributed by atoms with Gasteiger partial charge in [-0.25, -0.2) is 8.42 Å². The van der Waals surface area contributed by atoms with Gasteiger partial charge in [0.1, 0.15) is 0 Å². The summed E-state index contributed by atoms with van der Waals surface area (Å²) >= 11 is 1.71. The fourth-order valence-electron chi connectivity index (χ4n) is 2.23. The van der Waals surface area contributed by atoms with Crippen LogP contribution in [-0.2, 0) is 10.0 Å². The highest BCUT2D eigenvalue weighted by Crippen LogP contribution is 2.30. The smallest absolute Gasteiger partial charge is 0.356 e. The van der Waals surface area contributed by atoms with Crippen molar-refractivity contribution in [3.8, 4) is 0 Å². The van der Waals surface area contributed by atoms with Gasteiger partial charge < -0.3 is 10.6 Å². The molecule has 0 amide bonds. The molecule has 1 saturated heterocycles. The van der Waals surface area contributed by atoms with Crippen LogP contribution in [-0.4, -0.2) is 69.4 Å². The van der Waals surface area contributed by atoms with Crippen LogP contribution in [0.5, 0.6) is 0 Å². The first-order valence-corrected chi connectivity index (χ1v) is 10.1. The second-order valence-corrected chi connectivity index (χ2v) is 8.08. The SMILES string of the molecule is CN=C(NCCSC)NCC1CCN(S(=O)(=O)C(F)(F)F)CC1.I. The maximum absolute atomic E-state index is 12.5. The first kappa shape index (κ1) is 24.1. The van der Waals surface area contributed by atoms with Crippen LogP contribution in [0.3, 0.4) is 0 Å². The molecule has 144 valence electrons. The third-order valence-corrected chi connectivity index (χ3v) is 5.83. The number of rotatable bonds is 6. The maximum atomic E-state index is 12.5. The Balaban J connectivity index is 0.00000529. The van der Waals surface area contributed by atoms with E-state index in [4.69, 9.17) is 0 Å². The molecule has 0 aromatic rings. The van der Waals surface area contributed by atoms with E-state index >= 15 is 0 Å². The Labute approximate surface area is 162 Å². The van der Waals surface area contributed by atoms with Gasteiger partial charge in [-0.1, -0.05) is 0 Å². The van der Waals surface area contributed by atoms with Crippen LogP contribution in [0.2, 0.25) is 0 Å². The van der Waals surface area contributed by atoms with E-state index in [1.807, 2.05) is 6.26 Å². The largest absolute Gasteiger partial charge is 0.511 e. The molecule has 6 nitrogen and oxygen atoms in total. The summed E-state index contributed by atoms with van der Waals surface area (Å²) in [4.78, 5) is 4.06. The van der Waals surface area contributed by atoms with Crippen LogP contribution in [0.25, 0.3) is 0 Å². The Bertz CT molecular complexity index is 495. The summed E-state index contributed by atoms with van der Waals surface area (Å²) in [5.74, 6) is 1.70. The van der Waals surface area contributed by atoms with E-state index in [0.29, 0.717) is 29.7 Å². The average molecular weight is 504 g/mol. The Morgan fingerprint density at radius 1 is 1.29 bits per heavy atom. The molecule has 2 N–H and O–H groups in total. The van der Waals surface area contributed by atoms with Crippen molar-refractivity contribution in [2.24, 2.45) is 10.9 Å². The number of aliphatic imine (C=N–C) groups is 1. The standard InChI is InChI=1S/C12H23F3N4O2S2.HI/c1-16-11(17-5-8-22-2)18-9-10-3-6-19(7-4-10)23(20,21)12(13,14)15;/h10H,3-9H2,1-2H3,(H2,16,17,18);1H. The molecule has 0 radical (unpaired) electrons. The Kier molecular flexibility index (Phi) is 10.9. The molecule has 0 aliphatic carbocycles. The third kappa shape index (κ3) is 7.12. The molecule has 0 aromatic heterocycles. The molecular formula is C12H24F3IN4O2S2. The number of guanidine groups is 1. The van der Waals surface area contributed by atoms with Crippen molar-refractivity contribution in [2.75, 3.05) is 45.2 Å². The van der Waals surface area contributed by atoms with Crippen LogP contribution in [0.15, 0.2) is 4.99 Å². The van der Waals surface area contributed by atoms with E-state index in [1.165, 1.54) is 0 Å². The molecule has 1 aliphatic rings. The molecule has 1 heterocycles. The minimum Gasteiger partial charge on any atom is -0.356 e. The number of thioether (sulfide) groups is 1. The molecule has 24 heavy (non-hydrogen) atoms. The van der Waals surface area contributed by atoms with Crippen LogP contribution >= 0.6 is 35.7 Å². The van der Waals surface area contributed by atoms with E-state index < -0.39 is 15.5 Å². The minimum absolute atomic E-state index is 0. The number of alkyl halides is 3. The monoisotopic (exact) mass is 504 g/mol. The van der Waals surface area contributed by atoms with Gasteiger partial charge in [-0.05, 0) is 25.0 Å². The molecule has 0 atom stereocenters. The number of hydrogen-bond acceptors (Lipinski definition) is 4. The van der Waals surface area contributed by atoms with Crippen molar-refractivity contribution in [2.45, 2.75) is 18.3 Å². The predicted octanol–water partition coefficient (Wildman–Crippen LogP) is 1.69. The number of hydrogen-bond donors (Lipinski definition) is 2. The summed E-state index contributed by atoms with van der Waals surface area (Å²) in [6, 6.07) is 0. The van der Waals surface area contributed by atoms with E-state index in [2.05, 4.69) is 15.6 Å². The topological polar surface area (TPSA) is 73.8 Å².